The minimum Gasteiger partial charge on any atom is -0.399 e. The highest BCUT2D eigenvalue weighted by Gasteiger charge is 2.25. The fourth-order valence-electron chi connectivity index (χ4n) is 2.64. The van der Waals surface area contributed by atoms with Crippen LogP contribution in [0, 0.1) is 5.92 Å². The molecule has 6 heteroatoms. The Morgan fingerprint density at radius 1 is 1.43 bits per heavy atom. The van der Waals surface area contributed by atoms with Gasteiger partial charge in [-0.1, -0.05) is 6.07 Å². The SMILES string of the molecule is CNC(=O)C1CCCN(CC(=O)Nc2cccc(N)c2)C1. The van der Waals surface area contributed by atoms with E-state index in [-0.39, 0.29) is 17.7 Å². The quantitative estimate of drug-likeness (QED) is 0.711. The number of amides is 2. The lowest BCUT2D eigenvalue weighted by Crippen LogP contribution is -2.44. The second-order valence-electron chi connectivity index (χ2n) is 5.36. The Hall–Kier alpha value is -2.08. The summed E-state index contributed by atoms with van der Waals surface area (Å²) >= 11 is 0. The number of hydrogen-bond acceptors (Lipinski definition) is 4. The predicted octanol–water partition coefficient (Wildman–Crippen LogP) is 0.665. The van der Waals surface area contributed by atoms with Gasteiger partial charge in [-0.15, -0.1) is 0 Å². The third-order valence-electron chi connectivity index (χ3n) is 3.66. The van der Waals surface area contributed by atoms with Crippen LogP contribution in [0.1, 0.15) is 12.8 Å². The highest BCUT2D eigenvalue weighted by atomic mass is 16.2. The summed E-state index contributed by atoms with van der Waals surface area (Å²) in [6, 6.07) is 7.10. The van der Waals surface area contributed by atoms with E-state index < -0.39 is 0 Å². The molecule has 6 nitrogen and oxygen atoms in total. The van der Waals surface area contributed by atoms with Crippen molar-refractivity contribution in [1.82, 2.24) is 10.2 Å². The zero-order valence-electron chi connectivity index (χ0n) is 12.3. The van der Waals surface area contributed by atoms with Gasteiger partial charge in [0.05, 0.1) is 12.5 Å². The minimum atomic E-state index is -0.0850. The number of carbonyl (C=O) groups is 2. The topological polar surface area (TPSA) is 87.5 Å². The first-order valence-electron chi connectivity index (χ1n) is 7.18. The van der Waals surface area contributed by atoms with E-state index in [1.54, 1.807) is 31.3 Å². The third-order valence-corrected chi connectivity index (χ3v) is 3.66. The van der Waals surface area contributed by atoms with E-state index in [1.807, 2.05) is 4.90 Å². The third kappa shape index (κ3) is 4.46. The van der Waals surface area contributed by atoms with Crippen molar-refractivity contribution in [3.63, 3.8) is 0 Å². The van der Waals surface area contributed by atoms with E-state index in [1.165, 1.54) is 0 Å². The molecule has 1 heterocycles. The normalized spacial score (nSPS) is 19.0. The van der Waals surface area contributed by atoms with Gasteiger partial charge in [0, 0.05) is 25.0 Å². The molecule has 0 spiro atoms. The Morgan fingerprint density at radius 2 is 2.24 bits per heavy atom. The fourth-order valence-corrected chi connectivity index (χ4v) is 2.64. The average Bonchev–Trinajstić information content (AvgIpc) is 2.46. The van der Waals surface area contributed by atoms with Crippen molar-refractivity contribution in [3.05, 3.63) is 24.3 Å². The molecule has 1 fully saturated rings. The molecule has 0 aromatic heterocycles. The smallest absolute Gasteiger partial charge is 0.238 e. The Balaban J connectivity index is 1.86. The van der Waals surface area contributed by atoms with Gasteiger partial charge in [0.2, 0.25) is 11.8 Å². The molecule has 1 atom stereocenters. The van der Waals surface area contributed by atoms with Crippen molar-refractivity contribution < 1.29 is 9.59 Å². The summed E-state index contributed by atoms with van der Waals surface area (Å²) in [6.45, 7) is 1.77. The molecule has 1 unspecified atom stereocenters. The van der Waals surface area contributed by atoms with Gasteiger partial charge >= 0.3 is 0 Å². The number of benzene rings is 1. The van der Waals surface area contributed by atoms with E-state index >= 15 is 0 Å². The monoisotopic (exact) mass is 290 g/mol. The molecule has 1 aromatic carbocycles. The number of nitrogens with one attached hydrogen (secondary N) is 2. The molecule has 1 aliphatic rings. The number of anilines is 2. The van der Waals surface area contributed by atoms with Crippen LogP contribution in [-0.2, 0) is 9.59 Å². The van der Waals surface area contributed by atoms with Gasteiger partial charge in [-0.25, -0.2) is 0 Å². The van der Waals surface area contributed by atoms with Crippen LogP contribution in [0.4, 0.5) is 11.4 Å². The van der Waals surface area contributed by atoms with Crippen LogP contribution in [-0.4, -0.2) is 43.4 Å². The molecule has 0 saturated carbocycles. The number of nitrogens with two attached hydrogens (primary N) is 1. The van der Waals surface area contributed by atoms with Gasteiger partial charge in [0.25, 0.3) is 0 Å². The van der Waals surface area contributed by atoms with Crippen LogP contribution in [0.25, 0.3) is 0 Å². The van der Waals surface area contributed by atoms with Crippen molar-refractivity contribution in [3.8, 4) is 0 Å². The van der Waals surface area contributed by atoms with Crippen LogP contribution in [0.5, 0.6) is 0 Å². The molecule has 4 N–H and O–H groups in total. The van der Waals surface area contributed by atoms with Crippen LogP contribution in [0.15, 0.2) is 24.3 Å². The summed E-state index contributed by atoms with van der Waals surface area (Å²) in [7, 11) is 1.65. The van der Waals surface area contributed by atoms with Gasteiger partial charge < -0.3 is 16.4 Å². The first-order valence-corrected chi connectivity index (χ1v) is 7.18. The summed E-state index contributed by atoms with van der Waals surface area (Å²) in [5.41, 5.74) is 6.99. The van der Waals surface area contributed by atoms with Crippen molar-refractivity contribution >= 4 is 23.2 Å². The van der Waals surface area contributed by atoms with E-state index in [2.05, 4.69) is 10.6 Å². The summed E-state index contributed by atoms with van der Waals surface area (Å²) < 4.78 is 0. The van der Waals surface area contributed by atoms with E-state index in [9.17, 15) is 9.59 Å². The first-order chi connectivity index (χ1) is 10.1. The molecule has 0 aliphatic carbocycles. The van der Waals surface area contributed by atoms with Crippen molar-refractivity contribution in [2.24, 2.45) is 5.92 Å². The largest absolute Gasteiger partial charge is 0.399 e. The van der Waals surface area contributed by atoms with Crippen LogP contribution in [0.2, 0.25) is 0 Å². The number of nitrogen functional groups attached to an aromatic ring is 1. The predicted molar refractivity (Wildman–Crippen MR) is 82.7 cm³/mol. The maximum absolute atomic E-state index is 12.0. The highest BCUT2D eigenvalue weighted by molar-refractivity contribution is 5.92. The molecule has 21 heavy (non-hydrogen) atoms. The van der Waals surface area contributed by atoms with E-state index in [0.29, 0.717) is 24.5 Å². The maximum Gasteiger partial charge on any atom is 0.238 e. The second kappa shape index (κ2) is 7.08. The first kappa shape index (κ1) is 15.3. The number of hydrogen-bond donors (Lipinski definition) is 3. The van der Waals surface area contributed by atoms with Gasteiger partial charge in [0.1, 0.15) is 0 Å². The molecule has 114 valence electrons. The Morgan fingerprint density at radius 3 is 2.95 bits per heavy atom. The van der Waals surface area contributed by atoms with Gasteiger partial charge in [-0.3, -0.25) is 14.5 Å². The number of nitrogens with zero attached hydrogens (tertiary/aromatic N) is 1. The zero-order chi connectivity index (χ0) is 15.2. The Bertz CT molecular complexity index is 518. The maximum atomic E-state index is 12.0. The molecule has 1 saturated heterocycles. The molecule has 1 aromatic rings. The minimum absolute atomic E-state index is 0.0241. The van der Waals surface area contributed by atoms with Crippen LogP contribution in [0.3, 0.4) is 0 Å². The molecule has 0 radical (unpaired) electrons. The number of carbonyl (C=O) groups excluding carboxylic acids is 2. The molecule has 0 bridgehead atoms. The fraction of sp³-hybridized carbons (Fsp3) is 0.467. The van der Waals surface area contributed by atoms with Gasteiger partial charge in [-0.05, 0) is 37.6 Å². The average molecular weight is 290 g/mol. The lowest BCUT2D eigenvalue weighted by molar-refractivity contribution is -0.127. The lowest BCUT2D eigenvalue weighted by Gasteiger charge is -2.31. The van der Waals surface area contributed by atoms with Crippen LogP contribution < -0.4 is 16.4 Å². The van der Waals surface area contributed by atoms with Crippen LogP contribution >= 0.6 is 0 Å². The van der Waals surface area contributed by atoms with Crippen molar-refractivity contribution in [1.29, 1.82) is 0 Å². The standard InChI is InChI=1S/C15H22N4O2/c1-17-15(21)11-4-3-7-19(9-11)10-14(20)18-13-6-2-5-12(16)8-13/h2,5-6,8,11H,3-4,7,9-10,16H2,1H3,(H,17,21)(H,18,20). The molecular formula is C15H22N4O2. The summed E-state index contributed by atoms with van der Waals surface area (Å²) in [4.78, 5) is 25.7. The molecular weight excluding hydrogens is 268 g/mol. The van der Waals surface area contributed by atoms with Gasteiger partial charge in [0.15, 0.2) is 0 Å². The van der Waals surface area contributed by atoms with E-state index in [4.69, 9.17) is 5.73 Å². The molecule has 2 amide bonds. The number of piperidine rings is 1. The number of rotatable bonds is 4. The number of likely N-dealkylation sites (tertiary alicyclic amines) is 1. The summed E-state index contributed by atoms with van der Waals surface area (Å²) in [6.07, 6.45) is 1.82. The molecule has 2 rings (SSSR count). The summed E-state index contributed by atoms with van der Waals surface area (Å²) in [5.74, 6) is -0.0574. The lowest BCUT2D eigenvalue weighted by atomic mass is 9.97. The Labute approximate surface area is 124 Å². The van der Waals surface area contributed by atoms with Gasteiger partial charge in [-0.2, -0.15) is 0 Å². The van der Waals surface area contributed by atoms with Crippen molar-refractivity contribution in [2.75, 3.05) is 37.7 Å². The molecule has 1 aliphatic heterocycles. The highest BCUT2D eigenvalue weighted by Crippen LogP contribution is 2.17. The van der Waals surface area contributed by atoms with E-state index in [0.717, 1.165) is 19.4 Å². The van der Waals surface area contributed by atoms with Crippen molar-refractivity contribution in [2.45, 2.75) is 12.8 Å². The Kier molecular flexibility index (Phi) is 5.16. The summed E-state index contributed by atoms with van der Waals surface area (Å²) in [5, 5.41) is 5.50. The second-order valence-corrected chi connectivity index (χ2v) is 5.36. The zero-order valence-corrected chi connectivity index (χ0v) is 12.3.